The minimum absolute atomic E-state index is 0.320. The summed E-state index contributed by atoms with van der Waals surface area (Å²) in [5.41, 5.74) is 0.738. The molecule has 0 aromatic carbocycles. The quantitative estimate of drug-likeness (QED) is 0.526. The zero-order chi connectivity index (χ0) is 14.3. The van der Waals surface area contributed by atoms with Crippen LogP contribution in [-0.4, -0.2) is 25.2 Å². The maximum absolute atomic E-state index is 11.8. The molecule has 0 spiro atoms. The van der Waals surface area contributed by atoms with E-state index in [0.717, 1.165) is 24.8 Å². The molecular formula is C15H24O4. The molecule has 1 heterocycles. The number of hydrogen-bond donors (Lipinski definition) is 0. The van der Waals surface area contributed by atoms with Gasteiger partial charge in [-0.2, -0.15) is 0 Å². The Morgan fingerprint density at radius 2 is 2.00 bits per heavy atom. The Labute approximate surface area is 115 Å². The van der Waals surface area contributed by atoms with Crippen LogP contribution in [0.15, 0.2) is 11.6 Å². The van der Waals surface area contributed by atoms with Gasteiger partial charge in [-0.15, -0.1) is 0 Å². The van der Waals surface area contributed by atoms with Crippen molar-refractivity contribution in [3.8, 4) is 0 Å². The number of carbonyl (C=O) groups excluding carboxylic acids is 2. The van der Waals surface area contributed by atoms with Gasteiger partial charge in [-0.05, 0) is 25.3 Å². The summed E-state index contributed by atoms with van der Waals surface area (Å²) in [5, 5.41) is 0. The van der Waals surface area contributed by atoms with Gasteiger partial charge in [0.25, 0.3) is 0 Å². The van der Waals surface area contributed by atoms with Crippen LogP contribution in [0.25, 0.3) is 0 Å². The van der Waals surface area contributed by atoms with Gasteiger partial charge in [-0.3, -0.25) is 4.79 Å². The second-order valence-corrected chi connectivity index (χ2v) is 5.07. The molecule has 4 heteroatoms. The molecule has 108 valence electrons. The van der Waals surface area contributed by atoms with Crippen LogP contribution in [0, 0.1) is 5.92 Å². The Hall–Kier alpha value is -1.32. The van der Waals surface area contributed by atoms with Gasteiger partial charge in [0.1, 0.15) is 12.0 Å². The summed E-state index contributed by atoms with van der Waals surface area (Å²) < 4.78 is 10.1. The standard InChI is InChI=1S/C15H24O4/c1-4-5-6-7-8-9-12-14(15(17)18-3)11(2)10-13(16)19-12/h10,12,14H,4-9H2,1-3H3/t12-,14-/m1/s1. The fourth-order valence-electron chi connectivity index (χ4n) is 2.46. The molecule has 2 atom stereocenters. The average Bonchev–Trinajstić information content (AvgIpc) is 2.37. The van der Waals surface area contributed by atoms with Gasteiger partial charge < -0.3 is 9.47 Å². The molecule has 1 aliphatic heterocycles. The molecule has 0 saturated heterocycles. The van der Waals surface area contributed by atoms with E-state index in [2.05, 4.69) is 6.92 Å². The van der Waals surface area contributed by atoms with Gasteiger partial charge in [-0.1, -0.05) is 32.6 Å². The molecule has 0 N–H and O–H groups in total. The lowest BCUT2D eigenvalue weighted by molar-refractivity contribution is -0.157. The van der Waals surface area contributed by atoms with E-state index >= 15 is 0 Å². The third-order valence-corrected chi connectivity index (χ3v) is 3.52. The first-order chi connectivity index (χ1) is 9.10. The predicted octanol–water partition coefficient (Wildman–Crippen LogP) is 3.01. The maximum Gasteiger partial charge on any atom is 0.331 e. The lowest BCUT2D eigenvalue weighted by atomic mass is 9.88. The van der Waals surface area contributed by atoms with Gasteiger partial charge in [0.2, 0.25) is 0 Å². The average molecular weight is 268 g/mol. The summed E-state index contributed by atoms with van der Waals surface area (Å²) in [6.45, 7) is 3.95. The number of hydrogen-bond acceptors (Lipinski definition) is 4. The Balaban J connectivity index is 2.55. The summed E-state index contributed by atoms with van der Waals surface area (Å²) in [4.78, 5) is 23.2. The van der Waals surface area contributed by atoms with Gasteiger partial charge in [0.05, 0.1) is 7.11 Å². The van der Waals surface area contributed by atoms with E-state index in [4.69, 9.17) is 9.47 Å². The van der Waals surface area contributed by atoms with Crippen LogP contribution in [0.2, 0.25) is 0 Å². The highest BCUT2D eigenvalue weighted by atomic mass is 16.6. The van der Waals surface area contributed by atoms with E-state index in [1.54, 1.807) is 6.92 Å². The number of methoxy groups -OCH3 is 1. The van der Waals surface area contributed by atoms with Crippen LogP contribution in [0.5, 0.6) is 0 Å². The number of carbonyl (C=O) groups is 2. The summed E-state index contributed by atoms with van der Waals surface area (Å²) in [5.74, 6) is -1.11. The number of ether oxygens (including phenoxy) is 2. The van der Waals surface area contributed by atoms with E-state index in [-0.39, 0.29) is 18.0 Å². The summed E-state index contributed by atoms with van der Waals surface area (Å²) in [6, 6.07) is 0. The van der Waals surface area contributed by atoms with Crippen LogP contribution >= 0.6 is 0 Å². The smallest absolute Gasteiger partial charge is 0.331 e. The Bertz CT molecular complexity index is 346. The molecule has 0 aromatic rings. The fourth-order valence-corrected chi connectivity index (χ4v) is 2.46. The predicted molar refractivity (Wildman–Crippen MR) is 72.5 cm³/mol. The van der Waals surface area contributed by atoms with Crippen molar-refractivity contribution in [3.05, 3.63) is 11.6 Å². The molecule has 0 fully saturated rings. The van der Waals surface area contributed by atoms with E-state index in [0.29, 0.717) is 0 Å². The van der Waals surface area contributed by atoms with Crippen LogP contribution in [0.3, 0.4) is 0 Å². The van der Waals surface area contributed by atoms with E-state index in [9.17, 15) is 9.59 Å². The van der Waals surface area contributed by atoms with Crippen LogP contribution in [-0.2, 0) is 19.1 Å². The van der Waals surface area contributed by atoms with Gasteiger partial charge in [0.15, 0.2) is 0 Å². The van der Waals surface area contributed by atoms with Crippen molar-refractivity contribution in [3.63, 3.8) is 0 Å². The summed E-state index contributed by atoms with van der Waals surface area (Å²) in [7, 11) is 1.37. The molecule has 1 rings (SSSR count). The first kappa shape index (κ1) is 15.7. The molecule has 0 aliphatic carbocycles. The minimum atomic E-state index is -0.436. The Morgan fingerprint density at radius 1 is 1.32 bits per heavy atom. The molecule has 19 heavy (non-hydrogen) atoms. The summed E-state index contributed by atoms with van der Waals surface area (Å²) >= 11 is 0. The second-order valence-electron chi connectivity index (χ2n) is 5.07. The third-order valence-electron chi connectivity index (χ3n) is 3.52. The molecule has 4 nitrogen and oxygen atoms in total. The molecule has 1 aliphatic rings. The van der Waals surface area contributed by atoms with E-state index < -0.39 is 5.92 Å². The summed E-state index contributed by atoms with van der Waals surface area (Å²) in [6.07, 6.45) is 7.43. The minimum Gasteiger partial charge on any atom is -0.468 e. The Morgan fingerprint density at radius 3 is 2.63 bits per heavy atom. The first-order valence-electron chi connectivity index (χ1n) is 7.06. The first-order valence-corrected chi connectivity index (χ1v) is 7.06. The fraction of sp³-hybridized carbons (Fsp3) is 0.733. The molecule has 0 amide bonds. The molecule has 0 saturated carbocycles. The normalized spacial score (nSPS) is 22.7. The zero-order valence-corrected chi connectivity index (χ0v) is 12.1. The van der Waals surface area contributed by atoms with Crippen molar-refractivity contribution in [2.75, 3.05) is 7.11 Å². The number of rotatable bonds is 7. The van der Waals surface area contributed by atoms with Crippen molar-refractivity contribution >= 4 is 11.9 Å². The van der Waals surface area contributed by atoms with Crippen molar-refractivity contribution in [2.45, 2.75) is 58.5 Å². The number of unbranched alkanes of at least 4 members (excludes halogenated alkanes) is 4. The molecule has 0 bridgehead atoms. The molecule has 0 radical (unpaired) electrons. The highest BCUT2D eigenvalue weighted by Crippen LogP contribution is 2.28. The third kappa shape index (κ3) is 4.69. The number of cyclic esters (lactones) is 1. The molecule has 0 unspecified atom stereocenters. The second kappa shape index (κ2) is 7.97. The van der Waals surface area contributed by atoms with Crippen molar-refractivity contribution in [1.82, 2.24) is 0 Å². The topological polar surface area (TPSA) is 52.6 Å². The number of esters is 2. The van der Waals surface area contributed by atoms with Gasteiger partial charge in [0, 0.05) is 6.08 Å². The highest BCUT2D eigenvalue weighted by Gasteiger charge is 2.36. The van der Waals surface area contributed by atoms with Crippen molar-refractivity contribution in [2.24, 2.45) is 5.92 Å². The largest absolute Gasteiger partial charge is 0.468 e. The maximum atomic E-state index is 11.8. The van der Waals surface area contributed by atoms with Crippen molar-refractivity contribution < 1.29 is 19.1 Å². The van der Waals surface area contributed by atoms with Crippen LogP contribution in [0.1, 0.15) is 52.4 Å². The lowest BCUT2D eigenvalue weighted by Crippen LogP contribution is -2.37. The van der Waals surface area contributed by atoms with E-state index in [1.165, 1.54) is 32.4 Å². The monoisotopic (exact) mass is 268 g/mol. The Kier molecular flexibility index (Phi) is 6.60. The zero-order valence-electron chi connectivity index (χ0n) is 12.1. The lowest BCUT2D eigenvalue weighted by Gasteiger charge is -2.29. The molecular weight excluding hydrogens is 244 g/mol. The van der Waals surface area contributed by atoms with Gasteiger partial charge >= 0.3 is 11.9 Å². The highest BCUT2D eigenvalue weighted by molar-refractivity contribution is 5.88. The van der Waals surface area contributed by atoms with Gasteiger partial charge in [-0.25, -0.2) is 4.79 Å². The van der Waals surface area contributed by atoms with Crippen LogP contribution in [0.4, 0.5) is 0 Å². The SMILES string of the molecule is CCCCCCC[C@H]1OC(=O)C=C(C)[C@H]1C(=O)OC. The van der Waals surface area contributed by atoms with E-state index in [1.807, 2.05) is 0 Å². The molecule has 0 aromatic heterocycles. The van der Waals surface area contributed by atoms with Crippen molar-refractivity contribution in [1.29, 1.82) is 0 Å². The van der Waals surface area contributed by atoms with Crippen LogP contribution < -0.4 is 0 Å².